The fourth-order valence-corrected chi connectivity index (χ4v) is 3.66. The van der Waals surface area contributed by atoms with Crippen LogP contribution in [0.1, 0.15) is 40.7 Å². The fraction of sp³-hybridized carbons (Fsp3) is 0.368. The molecule has 1 heterocycles. The molecule has 5 nitrogen and oxygen atoms in total. The molecule has 0 atom stereocenters. The fourth-order valence-electron chi connectivity index (χ4n) is 3.66. The standard InChI is InChI=1S/C19H21N3O2/c1-11-8-9-16(24-3)12(2)17(11)22-18(21)15(10-20)13-6-4-5-7-14(13)19(22)23/h8-9H,4-7,21H2,1-3H3. The van der Waals surface area contributed by atoms with Gasteiger partial charge in [-0.05, 0) is 56.7 Å². The number of rotatable bonds is 2. The Labute approximate surface area is 141 Å². The smallest absolute Gasteiger partial charge is 0.260 e. The molecule has 0 radical (unpaired) electrons. The normalized spacial score (nSPS) is 13.2. The SMILES string of the molecule is COc1ccc(C)c(-n2c(N)c(C#N)c3c(c2=O)CCCC3)c1C. The first-order chi connectivity index (χ1) is 11.5. The van der Waals surface area contributed by atoms with Gasteiger partial charge in [0, 0.05) is 11.1 Å². The molecule has 0 unspecified atom stereocenters. The van der Waals surface area contributed by atoms with Gasteiger partial charge in [-0.3, -0.25) is 9.36 Å². The summed E-state index contributed by atoms with van der Waals surface area (Å²) in [5.41, 5.74) is 10.6. The van der Waals surface area contributed by atoms with Gasteiger partial charge in [0.25, 0.3) is 5.56 Å². The Hall–Kier alpha value is -2.74. The molecule has 1 aliphatic carbocycles. The van der Waals surface area contributed by atoms with Crippen molar-refractivity contribution >= 4 is 5.82 Å². The van der Waals surface area contributed by atoms with Crippen LogP contribution in [0.4, 0.5) is 5.82 Å². The summed E-state index contributed by atoms with van der Waals surface area (Å²) in [6, 6.07) is 5.99. The molecule has 1 aliphatic rings. The van der Waals surface area contributed by atoms with Crippen molar-refractivity contribution in [1.29, 1.82) is 5.26 Å². The van der Waals surface area contributed by atoms with E-state index < -0.39 is 0 Å². The molecule has 0 fully saturated rings. The highest BCUT2D eigenvalue weighted by atomic mass is 16.5. The summed E-state index contributed by atoms with van der Waals surface area (Å²) in [4.78, 5) is 13.1. The van der Waals surface area contributed by atoms with Gasteiger partial charge in [0.05, 0.1) is 18.4 Å². The number of methoxy groups -OCH3 is 1. The first-order valence-electron chi connectivity index (χ1n) is 8.12. The van der Waals surface area contributed by atoms with Crippen molar-refractivity contribution in [1.82, 2.24) is 4.57 Å². The van der Waals surface area contributed by atoms with Crippen LogP contribution in [0.15, 0.2) is 16.9 Å². The van der Waals surface area contributed by atoms with E-state index in [1.807, 2.05) is 26.0 Å². The molecule has 0 bridgehead atoms. The second-order valence-corrected chi connectivity index (χ2v) is 6.24. The van der Waals surface area contributed by atoms with E-state index in [9.17, 15) is 10.1 Å². The highest BCUT2D eigenvalue weighted by Crippen LogP contribution is 2.32. The molecule has 5 heteroatoms. The van der Waals surface area contributed by atoms with E-state index >= 15 is 0 Å². The Morgan fingerprint density at radius 2 is 1.88 bits per heavy atom. The lowest BCUT2D eigenvalue weighted by atomic mass is 9.89. The van der Waals surface area contributed by atoms with E-state index in [4.69, 9.17) is 10.5 Å². The minimum Gasteiger partial charge on any atom is -0.496 e. The van der Waals surface area contributed by atoms with E-state index in [2.05, 4.69) is 6.07 Å². The minimum absolute atomic E-state index is 0.111. The van der Waals surface area contributed by atoms with Gasteiger partial charge in [-0.25, -0.2) is 0 Å². The average molecular weight is 323 g/mol. The third-order valence-corrected chi connectivity index (χ3v) is 4.87. The minimum atomic E-state index is -0.111. The zero-order valence-corrected chi connectivity index (χ0v) is 14.3. The highest BCUT2D eigenvalue weighted by molar-refractivity contribution is 5.64. The van der Waals surface area contributed by atoms with Crippen molar-refractivity contribution < 1.29 is 4.74 Å². The quantitative estimate of drug-likeness (QED) is 0.921. The molecule has 1 aromatic carbocycles. The number of nitrogen functional groups attached to an aromatic ring is 1. The first kappa shape index (κ1) is 16.1. The number of nitrogens with two attached hydrogens (primary N) is 1. The van der Waals surface area contributed by atoms with Gasteiger partial charge in [-0.15, -0.1) is 0 Å². The van der Waals surface area contributed by atoms with Gasteiger partial charge >= 0.3 is 0 Å². The summed E-state index contributed by atoms with van der Waals surface area (Å²) < 4.78 is 6.89. The Morgan fingerprint density at radius 3 is 2.50 bits per heavy atom. The molecule has 0 spiro atoms. The zero-order valence-electron chi connectivity index (χ0n) is 14.3. The van der Waals surface area contributed by atoms with Crippen molar-refractivity contribution in [2.45, 2.75) is 39.5 Å². The lowest BCUT2D eigenvalue weighted by molar-refractivity contribution is 0.411. The van der Waals surface area contributed by atoms with Crippen LogP contribution in [0.5, 0.6) is 5.75 Å². The molecule has 3 rings (SSSR count). The summed E-state index contributed by atoms with van der Waals surface area (Å²) in [6.45, 7) is 3.83. The Kier molecular flexibility index (Phi) is 4.06. The van der Waals surface area contributed by atoms with Gasteiger partial charge in [0.1, 0.15) is 17.6 Å². The van der Waals surface area contributed by atoms with E-state index in [0.717, 1.165) is 41.5 Å². The van der Waals surface area contributed by atoms with Crippen LogP contribution < -0.4 is 16.0 Å². The maximum Gasteiger partial charge on any atom is 0.260 e. The van der Waals surface area contributed by atoms with Crippen LogP contribution in [0.3, 0.4) is 0 Å². The van der Waals surface area contributed by atoms with Crippen LogP contribution in [0.2, 0.25) is 0 Å². The van der Waals surface area contributed by atoms with E-state index in [1.165, 1.54) is 4.57 Å². The number of anilines is 1. The summed E-state index contributed by atoms with van der Waals surface area (Å²) in [5.74, 6) is 0.917. The van der Waals surface area contributed by atoms with Crippen molar-refractivity contribution in [2.24, 2.45) is 0 Å². The van der Waals surface area contributed by atoms with Gasteiger partial charge in [0.2, 0.25) is 0 Å². The van der Waals surface area contributed by atoms with Gasteiger partial charge in [0.15, 0.2) is 0 Å². The molecular formula is C19H21N3O2. The van der Waals surface area contributed by atoms with Crippen LogP contribution in [-0.4, -0.2) is 11.7 Å². The molecule has 0 saturated carbocycles. The van der Waals surface area contributed by atoms with Crippen molar-refractivity contribution in [3.63, 3.8) is 0 Å². The van der Waals surface area contributed by atoms with Crippen molar-refractivity contribution in [3.8, 4) is 17.5 Å². The summed E-state index contributed by atoms with van der Waals surface area (Å²) in [6.07, 6.45) is 3.40. The van der Waals surface area contributed by atoms with Gasteiger partial charge < -0.3 is 10.5 Å². The number of benzene rings is 1. The maximum absolute atomic E-state index is 13.1. The molecule has 0 aliphatic heterocycles. The van der Waals surface area contributed by atoms with Crippen LogP contribution in [0, 0.1) is 25.2 Å². The van der Waals surface area contributed by atoms with Crippen LogP contribution >= 0.6 is 0 Å². The number of ether oxygens (including phenoxy) is 1. The topological polar surface area (TPSA) is 81.0 Å². The molecule has 0 saturated heterocycles. The third kappa shape index (κ3) is 2.26. The number of nitriles is 1. The van der Waals surface area contributed by atoms with E-state index in [0.29, 0.717) is 23.4 Å². The number of fused-ring (bicyclic) bond motifs is 1. The lowest BCUT2D eigenvalue weighted by Crippen LogP contribution is -2.30. The molecule has 1 aromatic heterocycles. The number of pyridine rings is 1. The molecule has 0 amide bonds. The largest absolute Gasteiger partial charge is 0.496 e. The highest BCUT2D eigenvalue weighted by Gasteiger charge is 2.24. The number of aromatic nitrogens is 1. The predicted octanol–water partition coefficient (Wildman–Crippen LogP) is 2.80. The second kappa shape index (κ2) is 6.04. The third-order valence-electron chi connectivity index (χ3n) is 4.87. The number of hydrogen-bond acceptors (Lipinski definition) is 4. The predicted molar refractivity (Wildman–Crippen MR) is 93.8 cm³/mol. The Balaban J connectivity index is 2.43. The average Bonchev–Trinajstić information content (AvgIpc) is 2.58. The maximum atomic E-state index is 13.1. The number of nitrogens with zero attached hydrogens (tertiary/aromatic N) is 2. The summed E-state index contributed by atoms with van der Waals surface area (Å²) >= 11 is 0. The van der Waals surface area contributed by atoms with E-state index in [-0.39, 0.29) is 11.4 Å². The number of hydrogen-bond donors (Lipinski definition) is 1. The molecule has 2 aromatic rings. The van der Waals surface area contributed by atoms with E-state index in [1.54, 1.807) is 7.11 Å². The van der Waals surface area contributed by atoms with Crippen molar-refractivity contribution in [2.75, 3.05) is 12.8 Å². The molecule has 124 valence electrons. The van der Waals surface area contributed by atoms with Crippen LogP contribution in [-0.2, 0) is 12.8 Å². The number of aryl methyl sites for hydroxylation is 1. The zero-order chi connectivity index (χ0) is 17.4. The molecular weight excluding hydrogens is 302 g/mol. The Morgan fingerprint density at radius 1 is 1.21 bits per heavy atom. The molecule has 24 heavy (non-hydrogen) atoms. The monoisotopic (exact) mass is 323 g/mol. The Bertz CT molecular complexity index is 920. The van der Waals surface area contributed by atoms with Gasteiger partial charge in [-0.2, -0.15) is 5.26 Å². The summed E-state index contributed by atoms with van der Waals surface area (Å²) in [5, 5.41) is 9.61. The van der Waals surface area contributed by atoms with Gasteiger partial charge in [-0.1, -0.05) is 6.07 Å². The van der Waals surface area contributed by atoms with Crippen molar-refractivity contribution in [3.05, 3.63) is 50.3 Å². The lowest BCUT2D eigenvalue weighted by Gasteiger charge is -2.23. The molecule has 2 N–H and O–H groups in total. The second-order valence-electron chi connectivity index (χ2n) is 6.24. The summed E-state index contributed by atoms with van der Waals surface area (Å²) in [7, 11) is 1.60. The van der Waals surface area contributed by atoms with Crippen LogP contribution in [0.25, 0.3) is 5.69 Å². The first-order valence-corrected chi connectivity index (χ1v) is 8.12.